The van der Waals surface area contributed by atoms with Gasteiger partial charge in [-0.2, -0.15) is 0 Å². The van der Waals surface area contributed by atoms with Gasteiger partial charge >= 0.3 is 12.0 Å². The number of ether oxygens (including phenoxy) is 2. The number of carbonyl (C=O) groups is 3. The highest BCUT2D eigenvalue weighted by molar-refractivity contribution is 5.95. The monoisotopic (exact) mass is 472 g/mol. The van der Waals surface area contributed by atoms with Crippen LogP contribution in [0.4, 0.5) is 4.79 Å². The fourth-order valence-corrected chi connectivity index (χ4v) is 4.43. The Kier molecular flexibility index (Phi) is 8.55. The Morgan fingerprint density at radius 1 is 1.15 bits per heavy atom. The van der Waals surface area contributed by atoms with Crippen LogP contribution in [0.3, 0.4) is 0 Å². The molecule has 0 aromatic heterocycles. The molecule has 1 atom stereocenters. The van der Waals surface area contributed by atoms with Crippen molar-refractivity contribution < 1.29 is 23.9 Å². The van der Waals surface area contributed by atoms with Crippen molar-refractivity contribution in [3.05, 3.63) is 41.1 Å². The maximum absolute atomic E-state index is 13.2. The van der Waals surface area contributed by atoms with Gasteiger partial charge in [-0.15, -0.1) is 0 Å². The van der Waals surface area contributed by atoms with Crippen LogP contribution in [0.1, 0.15) is 39.3 Å². The van der Waals surface area contributed by atoms with Crippen LogP contribution in [0, 0.1) is 5.92 Å². The highest BCUT2D eigenvalue weighted by atomic mass is 16.5. The van der Waals surface area contributed by atoms with E-state index in [0.29, 0.717) is 56.3 Å². The van der Waals surface area contributed by atoms with Gasteiger partial charge in [0.15, 0.2) is 0 Å². The normalized spacial score (nSPS) is 19.4. The number of esters is 1. The Bertz CT molecular complexity index is 937. The van der Waals surface area contributed by atoms with Gasteiger partial charge in [0.2, 0.25) is 5.91 Å². The molecular weight excluding hydrogens is 436 g/mol. The molecule has 3 rings (SSSR count). The first-order valence-corrected chi connectivity index (χ1v) is 11.9. The smallest absolute Gasteiger partial charge is 0.338 e. The number of amides is 3. The van der Waals surface area contributed by atoms with Crippen LogP contribution >= 0.6 is 0 Å². The number of nitrogens with one attached hydrogen (secondary N) is 1. The fourth-order valence-electron chi connectivity index (χ4n) is 4.43. The second-order valence-electron chi connectivity index (χ2n) is 8.74. The highest BCUT2D eigenvalue weighted by Gasteiger charge is 2.38. The van der Waals surface area contributed by atoms with Gasteiger partial charge in [-0.25, -0.2) is 9.59 Å². The summed E-state index contributed by atoms with van der Waals surface area (Å²) in [5, 5.41) is 2.98. The van der Waals surface area contributed by atoms with Gasteiger partial charge in [-0.1, -0.05) is 26.0 Å². The summed E-state index contributed by atoms with van der Waals surface area (Å²) in [6, 6.07) is 6.43. The Balaban J connectivity index is 1.96. The lowest BCUT2D eigenvalue weighted by atomic mass is 9.94. The molecule has 1 fully saturated rings. The van der Waals surface area contributed by atoms with Crippen molar-refractivity contribution in [3.8, 4) is 5.75 Å². The summed E-state index contributed by atoms with van der Waals surface area (Å²) in [7, 11) is 1.58. The summed E-state index contributed by atoms with van der Waals surface area (Å²) in [5.41, 5.74) is 1.81. The molecule has 2 heterocycles. The first kappa shape index (κ1) is 25.6. The molecule has 186 valence electrons. The zero-order chi connectivity index (χ0) is 24.8. The number of carbonyl (C=O) groups excluding carboxylic acids is 3. The summed E-state index contributed by atoms with van der Waals surface area (Å²) < 4.78 is 10.8. The molecule has 0 bridgehead atoms. The quantitative estimate of drug-likeness (QED) is 0.585. The Morgan fingerprint density at radius 3 is 2.44 bits per heavy atom. The summed E-state index contributed by atoms with van der Waals surface area (Å²) >= 11 is 0. The Labute approximate surface area is 201 Å². The van der Waals surface area contributed by atoms with Crippen LogP contribution in [0.15, 0.2) is 35.5 Å². The molecule has 1 aromatic rings. The molecule has 1 N–H and O–H groups in total. The van der Waals surface area contributed by atoms with Gasteiger partial charge in [-0.05, 0) is 31.5 Å². The molecule has 0 aliphatic carbocycles. The SMILES string of the molecule is CCOC(=O)C1=C(CN2CCN(C(=O)C(C)C)CC2)N(CC)C(=O)N[C@H]1c1cccc(OC)c1. The van der Waals surface area contributed by atoms with Gasteiger partial charge < -0.3 is 19.7 Å². The van der Waals surface area contributed by atoms with Crippen molar-refractivity contribution in [2.75, 3.05) is 53.0 Å². The van der Waals surface area contributed by atoms with Crippen molar-refractivity contribution in [1.82, 2.24) is 20.0 Å². The summed E-state index contributed by atoms with van der Waals surface area (Å²) in [6.45, 7) is 11.1. The standard InChI is InChI=1S/C25H36N4O5/c1-6-29-20(16-27-11-13-28(14-12-27)23(30)17(3)4)21(24(31)34-7-2)22(26-25(29)32)18-9-8-10-19(15-18)33-5/h8-10,15,17,22H,6-7,11-14,16H2,1-5H3,(H,26,32)/t22-/m0/s1. The zero-order valence-corrected chi connectivity index (χ0v) is 20.8. The van der Waals surface area contributed by atoms with Crippen molar-refractivity contribution in [3.63, 3.8) is 0 Å². The number of urea groups is 1. The summed E-state index contributed by atoms with van der Waals surface area (Å²) in [4.78, 5) is 44.3. The lowest BCUT2D eigenvalue weighted by Crippen LogP contribution is -2.54. The van der Waals surface area contributed by atoms with E-state index in [4.69, 9.17) is 9.47 Å². The van der Waals surface area contributed by atoms with E-state index in [-0.39, 0.29) is 24.5 Å². The van der Waals surface area contributed by atoms with Gasteiger partial charge in [0.25, 0.3) is 0 Å². The van der Waals surface area contributed by atoms with Crippen LogP contribution in [0.5, 0.6) is 5.75 Å². The van der Waals surface area contributed by atoms with Crippen LogP contribution in [-0.4, -0.2) is 85.6 Å². The van der Waals surface area contributed by atoms with Crippen LogP contribution in [0.2, 0.25) is 0 Å². The van der Waals surface area contributed by atoms with E-state index in [2.05, 4.69) is 10.2 Å². The predicted molar refractivity (Wildman–Crippen MR) is 128 cm³/mol. The van der Waals surface area contributed by atoms with Gasteiger partial charge in [0.1, 0.15) is 5.75 Å². The van der Waals surface area contributed by atoms with E-state index in [1.54, 1.807) is 18.9 Å². The zero-order valence-electron chi connectivity index (χ0n) is 20.8. The lowest BCUT2D eigenvalue weighted by Gasteiger charge is -2.40. The van der Waals surface area contributed by atoms with Crippen LogP contribution < -0.4 is 10.1 Å². The maximum atomic E-state index is 13.2. The van der Waals surface area contributed by atoms with E-state index >= 15 is 0 Å². The molecule has 0 spiro atoms. The number of rotatable bonds is 8. The number of hydrogen-bond donors (Lipinski definition) is 1. The maximum Gasteiger partial charge on any atom is 0.338 e. The average molecular weight is 473 g/mol. The first-order chi connectivity index (χ1) is 16.3. The molecule has 2 aliphatic heterocycles. The molecule has 9 heteroatoms. The largest absolute Gasteiger partial charge is 0.497 e. The summed E-state index contributed by atoms with van der Waals surface area (Å²) in [5.74, 6) is 0.306. The Hall–Kier alpha value is -3.07. The molecule has 0 radical (unpaired) electrons. The van der Waals surface area contributed by atoms with Crippen molar-refractivity contribution in [2.45, 2.75) is 33.7 Å². The van der Waals surface area contributed by atoms with Gasteiger partial charge in [-0.3, -0.25) is 14.6 Å². The number of nitrogens with zero attached hydrogens (tertiary/aromatic N) is 3. The molecule has 2 aliphatic rings. The van der Waals surface area contributed by atoms with E-state index in [9.17, 15) is 14.4 Å². The highest BCUT2D eigenvalue weighted by Crippen LogP contribution is 2.33. The second-order valence-corrected chi connectivity index (χ2v) is 8.74. The first-order valence-electron chi connectivity index (χ1n) is 11.9. The molecule has 1 aromatic carbocycles. The predicted octanol–water partition coefficient (Wildman–Crippen LogP) is 2.40. The number of benzene rings is 1. The minimum absolute atomic E-state index is 0.0362. The lowest BCUT2D eigenvalue weighted by molar-refractivity contribution is -0.139. The molecule has 3 amide bonds. The molecular formula is C25H36N4O5. The van der Waals surface area contributed by atoms with Crippen LogP contribution in [0.25, 0.3) is 0 Å². The number of hydrogen-bond acceptors (Lipinski definition) is 6. The minimum Gasteiger partial charge on any atom is -0.497 e. The van der Waals surface area contributed by atoms with Gasteiger partial charge in [0, 0.05) is 50.9 Å². The molecule has 0 saturated carbocycles. The molecule has 34 heavy (non-hydrogen) atoms. The Morgan fingerprint density at radius 2 is 1.85 bits per heavy atom. The van der Waals surface area contributed by atoms with Crippen molar-refractivity contribution in [2.24, 2.45) is 5.92 Å². The fraction of sp³-hybridized carbons (Fsp3) is 0.560. The third-order valence-electron chi connectivity index (χ3n) is 6.23. The van der Waals surface area contributed by atoms with Crippen molar-refractivity contribution in [1.29, 1.82) is 0 Å². The average Bonchev–Trinajstić information content (AvgIpc) is 2.84. The minimum atomic E-state index is -0.650. The molecule has 1 saturated heterocycles. The van der Waals surface area contributed by atoms with Crippen molar-refractivity contribution >= 4 is 17.9 Å². The number of methoxy groups -OCH3 is 1. The van der Waals surface area contributed by atoms with E-state index in [0.717, 1.165) is 5.56 Å². The third-order valence-corrected chi connectivity index (χ3v) is 6.23. The number of piperazine rings is 1. The van der Waals surface area contributed by atoms with Crippen LogP contribution in [-0.2, 0) is 14.3 Å². The van der Waals surface area contributed by atoms with E-state index in [1.807, 2.05) is 49.9 Å². The van der Waals surface area contributed by atoms with Gasteiger partial charge in [0.05, 0.1) is 25.3 Å². The van der Waals surface area contributed by atoms with E-state index in [1.165, 1.54) is 0 Å². The molecule has 9 nitrogen and oxygen atoms in total. The summed E-state index contributed by atoms with van der Waals surface area (Å²) in [6.07, 6.45) is 0. The van der Waals surface area contributed by atoms with E-state index < -0.39 is 12.0 Å². The number of likely N-dealkylation sites (N-methyl/N-ethyl adjacent to an activating group) is 1. The second kappa shape index (κ2) is 11.4. The topological polar surface area (TPSA) is 91.4 Å². The third kappa shape index (κ3) is 5.52. The molecule has 0 unspecified atom stereocenters.